The van der Waals surface area contributed by atoms with E-state index in [4.69, 9.17) is 9.84 Å². The van der Waals surface area contributed by atoms with Crippen molar-refractivity contribution in [1.82, 2.24) is 4.31 Å². The highest BCUT2D eigenvalue weighted by atomic mass is 32.2. The molecular formula is C19H17NO7S. The molecule has 1 aliphatic carbocycles. The molecule has 1 amide bonds. The standard InChI is InChI=1S/C19H17NO7S/c21-18(22)12-9-20(28(24,25)27-10-12)19(23)26-11-17-15-7-3-1-5-13(15)14-6-2-4-8-16(14)17/h1-8,12,17H,9-11H2,(H,21,22)/t12-/m1/s1. The van der Waals surface area contributed by atoms with Crippen molar-refractivity contribution in [3.05, 3.63) is 59.7 Å². The van der Waals surface area contributed by atoms with Crippen LogP contribution in [0.1, 0.15) is 17.0 Å². The Kier molecular flexibility index (Phi) is 4.56. The molecule has 0 bridgehead atoms. The number of hydrogen-bond donors (Lipinski definition) is 1. The number of rotatable bonds is 3. The molecule has 2 aromatic carbocycles. The minimum absolute atomic E-state index is 0.0728. The molecule has 28 heavy (non-hydrogen) atoms. The van der Waals surface area contributed by atoms with Gasteiger partial charge in [-0.2, -0.15) is 12.7 Å². The van der Waals surface area contributed by atoms with Crippen LogP contribution in [-0.4, -0.2) is 49.7 Å². The van der Waals surface area contributed by atoms with Gasteiger partial charge in [0.25, 0.3) is 0 Å². The number of benzene rings is 2. The van der Waals surface area contributed by atoms with Crippen molar-refractivity contribution < 1.29 is 32.0 Å². The molecule has 146 valence electrons. The van der Waals surface area contributed by atoms with Crippen LogP contribution in [0.3, 0.4) is 0 Å². The molecule has 0 saturated carbocycles. The fourth-order valence-electron chi connectivity index (χ4n) is 3.56. The van der Waals surface area contributed by atoms with Gasteiger partial charge in [-0.3, -0.25) is 8.98 Å². The fraction of sp³-hybridized carbons (Fsp3) is 0.263. The van der Waals surface area contributed by atoms with Gasteiger partial charge in [0.05, 0.1) is 13.2 Å². The quantitative estimate of drug-likeness (QED) is 0.836. The number of carboxylic acid groups (broad SMARTS) is 1. The first-order valence-electron chi connectivity index (χ1n) is 8.63. The summed E-state index contributed by atoms with van der Waals surface area (Å²) in [6.07, 6.45) is -1.15. The van der Waals surface area contributed by atoms with Crippen molar-refractivity contribution in [2.45, 2.75) is 5.92 Å². The second-order valence-corrected chi connectivity index (χ2v) is 8.14. The number of carboxylic acids is 1. The Labute approximate surface area is 161 Å². The lowest BCUT2D eigenvalue weighted by atomic mass is 9.98. The van der Waals surface area contributed by atoms with Gasteiger partial charge in [0.15, 0.2) is 0 Å². The molecule has 8 nitrogen and oxygen atoms in total. The SMILES string of the molecule is O=C(O)[C@H]1COS(=O)(=O)N(C(=O)OCC2c3ccccc3-c3ccccc32)C1. The second-order valence-electron chi connectivity index (χ2n) is 6.61. The first kappa shape index (κ1) is 18.5. The summed E-state index contributed by atoms with van der Waals surface area (Å²) in [6, 6.07) is 15.5. The summed E-state index contributed by atoms with van der Waals surface area (Å²) in [5, 5.41) is 9.08. The number of aliphatic carboxylic acids is 1. The number of carbonyl (C=O) groups excluding carboxylic acids is 1. The maximum atomic E-state index is 12.4. The molecule has 1 fully saturated rings. The van der Waals surface area contributed by atoms with Gasteiger partial charge in [-0.05, 0) is 22.3 Å². The zero-order valence-corrected chi connectivity index (χ0v) is 15.5. The third-order valence-corrected chi connectivity index (χ3v) is 6.24. The van der Waals surface area contributed by atoms with Crippen LogP contribution in [0.25, 0.3) is 11.1 Å². The van der Waals surface area contributed by atoms with Crippen LogP contribution in [0.15, 0.2) is 48.5 Å². The zero-order chi connectivity index (χ0) is 19.9. The van der Waals surface area contributed by atoms with Gasteiger partial charge in [0.2, 0.25) is 0 Å². The third-order valence-electron chi connectivity index (χ3n) is 4.96. The number of hydrogen-bond acceptors (Lipinski definition) is 6. The van der Waals surface area contributed by atoms with E-state index in [9.17, 15) is 18.0 Å². The average Bonchev–Trinajstić information content (AvgIpc) is 2.99. The summed E-state index contributed by atoms with van der Waals surface area (Å²) in [4.78, 5) is 23.5. The van der Waals surface area contributed by atoms with Gasteiger partial charge in [-0.15, -0.1) is 0 Å². The maximum absolute atomic E-state index is 12.4. The Hall–Kier alpha value is -2.91. The van der Waals surface area contributed by atoms with Crippen molar-refractivity contribution in [2.75, 3.05) is 19.8 Å². The number of nitrogens with zero attached hydrogens (tertiary/aromatic N) is 1. The van der Waals surface area contributed by atoms with Crippen molar-refractivity contribution in [3.63, 3.8) is 0 Å². The summed E-state index contributed by atoms with van der Waals surface area (Å²) < 4.78 is 34.2. The monoisotopic (exact) mass is 403 g/mol. The first-order valence-corrected chi connectivity index (χ1v) is 10.00. The van der Waals surface area contributed by atoms with Gasteiger partial charge in [-0.25, -0.2) is 4.79 Å². The van der Waals surface area contributed by atoms with E-state index in [0.717, 1.165) is 22.3 Å². The summed E-state index contributed by atoms with van der Waals surface area (Å²) in [5.74, 6) is -2.62. The van der Waals surface area contributed by atoms with Crippen LogP contribution in [-0.2, 0) is 24.0 Å². The van der Waals surface area contributed by atoms with Gasteiger partial charge in [-0.1, -0.05) is 48.5 Å². The molecule has 9 heteroatoms. The lowest BCUT2D eigenvalue weighted by molar-refractivity contribution is -0.143. The molecule has 0 unspecified atom stereocenters. The van der Waals surface area contributed by atoms with Crippen LogP contribution >= 0.6 is 0 Å². The lowest BCUT2D eigenvalue weighted by Gasteiger charge is -2.29. The molecule has 0 spiro atoms. The molecule has 0 radical (unpaired) electrons. The second kappa shape index (κ2) is 6.92. The summed E-state index contributed by atoms with van der Waals surface area (Å²) in [7, 11) is -4.36. The zero-order valence-electron chi connectivity index (χ0n) is 14.6. The molecular weight excluding hydrogens is 386 g/mol. The average molecular weight is 403 g/mol. The Balaban J connectivity index is 1.54. The number of fused-ring (bicyclic) bond motifs is 3. The molecule has 1 aliphatic heterocycles. The highest BCUT2D eigenvalue weighted by molar-refractivity contribution is 7.84. The van der Waals surface area contributed by atoms with Crippen LogP contribution < -0.4 is 0 Å². The van der Waals surface area contributed by atoms with E-state index in [1.165, 1.54) is 0 Å². The summed E-state index contributed by atoms with van der Waals surface area (Å²) in [5.41, 5.74) is 4.05. The largest absolute Gasteiger partial charge is 0.481 e. The van der Waals surface area contributed by atoms with E-state index in [2.05, 4.69) is 4.18 Å². The van der Waals surface area contributed by atoms with E-state index in [-0.39, 0.29) is 12.5 Å². The topological polar surface area (TPSA) is 110 Å². The normalized spacial score (nSPS) is 20.3. The molecule has 4 rings (SSSR count). The van der Waals surface area contributed by atoms with Crippen LogP contribution in [0, 0.1) is 5.92 Å². The Morgan fingerprint density at radius 1 is 1.07 bits per heavy atom. The first-order chi connectivity index (χ1) is 13.4. The van der Waals surface area contributed by atoms with Crippen molar-refractivity contribution in [3.8, 4) is 11.1 Å². The summed E-state index contributed by atoms with van der Waals surface area (Å²) >= 11 is 0. The van der Waals surface area contributed by atoms with E-state index in [1.807, 2.05) is 48.5 Å². The van der Waals surface area contributed by atoms with Gasteiger partial charge in [0.1, 0.15) is 12.5 Å². The number of carbonyl (C=O) groups is 2. The molecule has 1 atom stereocenters. The Morgan fingerprint density at radius 3 is 2.21 bits per heavy atom. The van der Waals surface area contributed by atoms with E-state index >= 15 is 0 Å². The van der Waals surface area contributed by atoms with E-state index < -0.39 is 41.4 Å². The van der Waals surface area contributed by atoms with Crippen molar-refractivity contribution in [2.24, 2.45) is 5.92 Å². The predicted octanol–water partition coefficient (Wildman–Crippen LogP) is 2.21. The molecule has 2 aliphatic rings. The van der Waals surface area contributed by atoms with E-state index in [0.29, 0.717) is 4.31 Å². The molecule has 1 heterocycles. The fourth-order valence-corrected chi connectivity index (χ4v) is 4.62. The minimum Gasteiger partial charge on any atom is -0.481 e. The van der Waals surface area contributed by atoms with Crippen molar-refractivity contribution in [1.29, 1.82) is 0 Å². The van der Waals surface area contributed by atoms with Crippen molar-refractivity contribution >= 4 is 22.4 Å². The number of ether oxygens (including phenoxy) is 1. The lowest BCUT2D eigenvalue weighted by Crippen LogP contribution is -2.49. The van der Waals surface area contributed by atoms with Gasteiger partial charge in [0, 0.05) is 5.92 Å². The Bertz CT molecular complexity index is 1000. The molecule has 2 aromatic rings. The van der Waals surface area contributed by atoms with Crippen LogP contribution in [0.2, 0.25) is 0 Å². The third kappa shape index (κ3) is 3.12. The highest BCUT2D eigenvalue weighted by Crippen LogP contribution is 2.44. The van der Waals surface area contributed by atoms with Crippen LogP contribution in [0.5, 0.6) is 0 Å². The van der Waals surface area contributed by atoms with E-state index in [1.54, 1.807) is 0 Å². The molecule has 1 saturated heterocycles. The Morgan fingerprint density at radius 2 is 1.64 bits per heavy atom. The smallest absolute Gasteiger partial charge is 0.425 e. The molecule has 0 aromatic heterocycles. The summed E-state index contributed by atoms with van der Waals surface area (Å²) in [6.45, 7) is -1.10. The highest BCUT2D eigenvalue weighted by Gasteiger charge is 2.41. The predicted molar refractivity (Wildman–Crippen MR) is 97.8 cm³/mol. The minimum atomic E-state index is -4.36. The maximum Gasteiger partial charge on any atom is 0.425 e. The van der Waals surface area contributed by atoms with Gasteiger partial charge < -0.3 is 9.84 Å². The van der Waals surface area contributed by atoms with Crippen LogP contribution in [0.4, 0.5) is 4.79 Å². The molecule has 1 N–H and O–H groups in total. The number of amides is 1. The van der Waals surface area contributed by atoms with Gasteiger partial charge >= 0.3 is 22.4 Å².